The first-order valence-corrected chi connectivity index (χ1v) is 7.47. The third kappa shape index (κ3) is 3.52. The summed E-state index contributed by atoms with van der Waals surface area (Å²) >= 11 is 6.72. The van der Waals surface area contributed by atoms with Gasteiger partial charge in [0.15, 0.2) is 0 Å². The molecule has 0 bridgehead atoms. The van der Waals surface area contributed by atoms with E-state index in [1.165, 1.54) is 0 Å². The van der Waals surface area contributed by atoms with Gasteiger partial charge in [0.25, 0.3) is 0 Å². The second-order valence-corrected chi connectivity index (χ2v) is 6.65. The number of halogens is 4. The second kappa shape index (κ2) is 5.55. The van der Waals surface area contributed by atoms with Gasteiger partial charge >= 0.3 is 0 Å². The van der Waals surface area contributed by atoms with Gasteiger partial charge in [-0.05, 0) is 42.5 Å². The number of hydrogen-bond acceptors (Lipinski definition) is 1. The number of benzene rings is 1. The Kier molecular flexibility index (Phi) is 4.44. The zero-order valence-electron chi connectivity index (χ0n) is 9.67. The highest BCUT2D eigenvalue weighted by Crippen LogP contribution is 2.43. The minimum absolute atomic E-state index is 0.0515. The molecule has 100 valence electrons. The molecular formula is C13H14Br2F2O. The SMILES string of the molecule is OC(CC1CCC(F)(F)C1)c1cc(Br)ccc1Br. The van der Waals surface area contributed by atoms with Crippen LogP contribution in [0.25, 0.3) is 0 Å². The fourth-order valence-electron chi connectivity index (χ4n) is 2.46. The van der Waals surface area contributed by atoms with Crippen molar-refractivity contribution in [3.05, 3.63) is 32.7 Å². The molecule has 2 atom stereocenters. The average molecular weight is 384 g/mol. The second-order valence-electron chi connectivity index (χ2n) is 4.88. The van der Waals surface area contributed by atoms with E-state index in [0.29, 0.717) is 12.8 Å². The van der Waals surface area contributed by atoms with Crippen LogP contribution >= 0.6 is 31.9 Å². The molecule has 1 saturated carbocycles. The van der Waals surface area contributed by atoms with Crippen molar-refractivity contribution in [3.63, 3.8) is 0 Å². The van der Waals surface area contributed by atoms with Crippen molar-refractivity contribution >= 4 is 31.9 Å². The third-order valence-electron chi connectivity index (χ3n) is 3.38. The average Bonchev–Trinajstić information content (AvgIpc) is 2.61. The first-order chi connectivity index (χ1) is 8.37. The van der Waals surface area contributed by atoms with Gasteiger partial charge in [0.1, 0.15) is 0 Å². The van der Waals surface area contributed by atoms with E-state index in [1.807, 2.05) is 18.2 Å². The minimum atomic E-state index is -2.54. The number of alkyl halides is 2. The first-order valence-electron chi connectivity index (χ1n) is 5.88. The molecule has 0 radical (unpaired) electrons. The molecule has 18 heavy (non-hydrogen) atoms. The zero-order chi connectivity index (χ0) is 13.3. The van der Waals surface area contributed by atoms with Gasteiger partial charge in [-0.15, -0.1) is 0 Å². The van der Waals surface area contributed by atoms with Gasteiger partial charge in [0.2, 0.25) is 5.92 Å². The van der Waals surface area contributed by atoms with Gasteiger partial charge < -0.3 is 5.11 Å². The molecule has 0 amide bonds. The van der Waals surface area contributed by atoms with Gasteiger partial charge in [-0.25, -0.2) is 8.78 Å². The van der Waals surface area contributed by atoms with Crippen molar-refractivity contribution in [1.82, 2.24) is 0 Å². The number of aliphatic hydroxyl groups excluding tert-OH is 1. The maximum Gasteiger partial charge on any atom is 0.248 e. The van der Waals surface area contributed by atoms with Crippen LogP contribution in [-0.4, -0.2) is 11.0 Å². The van der Waals surface area contributed by atoms with Crippen molar-refractivity contribution < 1.29 is 13.9 Å². The van der Waals surface area contributed by atoms with E-state index in [0.717, 1.165) is 14.5 Å². The van der Waals surface area contributed by atoms with E-state index < -0.39 is 12.0 Å². The summed E-state index contributed by atoms with van der Waals surface area (Å²) in [5, 5.41) is 10.2. The summed E-state index contributed by atoms with van der Waals surface area (Å²) in [6, 6.07) is 5.53. The lowest BCUT2D eigenvalue weighted by atomic mass is 9.95. The van der Waals surface area contributed by atoms with Crippen molar-refractivity contribution in [2.45, 2.75) is 37.7 Å². The Morgan fingerprint density at radius 1 is 1.39 bits per heavy atom. The highest BCUT2D eigenvalue weighted by Gasteiger charge is 2.40. The summed E-state index contributed by atoms with van der Waals surface area (Å²) in [5.74, 6) is -2.64. The number of rotatable bonds is 3. The molecule has 1 nitrogen and oxygen atoms in total. The molecule has 0 aliphatic heterocycles. The Labute approximate surface area is 122 Å². The maximum atomic E-state index is 13.1. The van der Waals surface area contributed by atoms with Crippen LogP contribution in [0.3, 0.4) is 0 Å². The predicted octanol–water partition coefficient (Wildman–Crippen LogP) is 5.07. The Morgan fingerprint density at radius 2 is 2.11 bits per heavy atom. The lowest BCUT2D eigenvalue weighted by Gasteiger charge is -2.17. The van der Waals surface area contributed by atoms with Gasteiger partial charge in [0.05, 0.1) is 6.10 Å². The summed E-state index contributed by atoms with van der Waals surface area (Å²) < 4.78 is 27.9. The van der Waals surface area contributed by atoms with Gasteiger partial charge in [-0.3, -0.25) is 0 Å². The van der Waals surface area contributed by atoms with Crippen LogP contribution in [0.1, 0.15) is 37.4 Å². The molecule has 0 heterocycles. The first kappa shape index (κ1) is 14.4. The molecule has 2 unspecified atom stereocenters. The Hall–Kier alpha value is -0.000000000000000111. The van der Waals surface area contributed by atoms with Crippen LogP contribution < -0.4 is 0 Å². The highest BCUT2D eigenvalue weighted by molar-refractivity contribution is 9.11. The molecule has 2 rings (SSSR count). The van der Waals surface area contributed by atoms with E-state index >= 15 is 0 Å². The van der Waals surface area contributed by atoms with Gasteiger partial charge in [0, 0.05) is 21.8 Å². The van der Waals surface area contributed by atoms with Crippen LogP contribution in [0.2, 0.25) is 0 Å². The van der Waals surface area contributed by atoms with Crippen LogP contribution in [0, 0.1) is 5.92 Å². The summed E-state index contributed by atoms with van der Waals surface area (Å²) in [5.41, 5.74) is 0.750. The van der Waals surface area contributed by atoms with E-state index in [-0.39, 0.29) is 18.8 Å². The van der Waals surface area contributed by atoms with Crippen molar-refractivity contribution in [2.75, 3.05) is 0 Å². The summed E-state index contributed by atoms with van der Waals surface area (Å²) in [4.78, 5) is 0. The lowest BCUT2D eigenvalue weighted by molar-refractivity contribution is 0.00253. The smallest absolute Gasteiger partial charge is 0.248 e. The molecule has 5 heteroatoms. The molecule has 0 spiro atoms. The van der Waals surface area contributed by atoms with Crippen molar-refractivity contribution in [3.8, 4) is 0 Å². The number of aliphatic hydroxyl groups is 1. The fraction of sp³-hybridized carbons (Fsp3) is 0.538. The normalized spacial score (nSPS) is 24.2. The maximum absolute atomic E-state index is 13.1. The molecule has 0 aromatic heterocycles. The standard InChI is InChI=1S/C13H14Br2F2O/c14-9-1-2-11(15)10(6-9)12(18)5-8-3-4-13(16,17)7-8/h1-2,6,8,12,18H,3-5,7H2. The highest BCUT2D eigenvalue weighted by atomic mass is 79.9. The monoisotopic (exact) mass is 382 g/mol. The largest absolute Gasteiger partial charge is 0.388 e. The third-order valence-corrected chi connectivity index (χ3v) is 4.59. The predicted molar refractivity (Wildman–Crippen MR) is 73.7 cm³/mol. The number of hydrogen-bond donors (Lipinski definition) is 1. The van der Waals surface area contributed by atoms with E-state index in [2.05, 4.69) is 31.9 Å². The van der Waals surface area contributed by atoms with Crippen molar-refractivity contribution in [2.24, 2.45) is 5.92 Å². The summed E-state index contributed by atoms with van der Waals surface area (Å²) in [6.07, 6.45) is 0.0378. The summed E-state index contributed by atoms with van der Waals surface area (Å²) in [7, 11) is 0. The van der Waals surface area contributed by atoms with E-state index in [4.69, 9.17) is 0 Å². The minimum Gasteiger partial charge on any atom is -0.388 e. The van der Waals surface area contributed by atoms with E-state index in [9.17, 15) is 13.9 Å². The molecule has 1 fully saturated rings. The molecule has 1 aromatic carbocycles. The van der Waals surface area contributed by atoms with Gasteiger partial charge in [-0.1, -0.05) is 31.9 Å². The molecule has 1 N–H and O–H groups in total. The van der Waals surface area contributed by atoms with Crippen LogP contribution in [0.15, 0.2) is 27.1 Å². The fourth-order valence-corrected chi connectivity index (χ4v) is 3.35. The molecule has 0 saturated heterocycles. The molecular weight excluding hydrogens is 370 g/mol. The van der Waals surface area contributed by atoms with Crippen molar-refractivity contribution in [1.29, 1.82) is 0 Å². The Bertz CT molecular complexity index is 437. The van der Waals surface area contributed by atoms with Gasteiger partial charge in [-0.2, -0.15) is 0 Å². The molecule has 1 aliphatic carbocycles. The van der Waals surface area contributed by atoms with Crippen LogP contribution in [0.4, 0.5) is 8.78 Å². The zero-order valence-corrected chi connectivity index (χ0v) is 12.8. The van der Waals surface area contributed by atoms with Crippen LogP contribution in [-0.2, 0) is 0 Å². The summed E-state index contributed by atoms with van der Waals surface area (Å²) in [6.45, 7) is 0. The van der Waals surface area contributed by atoms with E-state index in [1.54, 1.807) is 0 Å². The molecule has 1 aliphatic rings. The quantitative estimate of drug-likeness (QED) is 0.772. The lowest BCUT2D eigenvalue weighted by Crippen LogP contribution is -2.11. The Balaban J connectivity index is 2.04. The molecule has 1 aromatic rings. The van der Waals surface area contributed by atoms with Crippen LogP contribution in [0.5, 0.6) is 0 Å². The topological polar surface area (TPSA) is 20.2 Å². The Morgan fingerprint density at radius 3 is 2.72 bits per heavy atom.